The first-order valence-corrected chi connectivity index (χ1v) is 8.69. The molecule has 144 valence electrons. The number of amides is 1. The third kappa shape index (κ3) is 4.80. The molecule has 0 N–H and O–H groups in total. The fourth-order valence-corrected chi connectivity index (χ4v) is 3.25. The second-order valence-corrected chi connectivity index (χ2v) is 6.56. The van der Waals surface area contributed by atoms with E-state index in [0.29, 0.717) is 25.1 Å². The summed E-state index contributed by atoms with van der Waals surface area (Å²) in [4.78, 5) is 16.4. The number of hydrogen-bond acceptors (Lipinski definition) is 3. The zero-order chi connectivity index (χ0) is 19.4. The van der Waals surface area contributed by atoms with Crippen LogP contribution in [0.2, 0.25) is 0 Å². The molecule has 2 aromatic carbocycles. The molecule has 2 aromatic rings. The Hall–Kier alpha value is -2.54. The summed E-state index contributed by atoms with van der Waals surface area (Å²) in [6, 6.07) is 15.7. The van der Waals surface area contributed by atoms with E-state index >= 15 is 0 Å². The highest BCUT2D eigenvalue weighted by molar-refractivity contribution is 5.99. The van der Waals surface area contributed by atoms with Crippen LogP contribution in [-0.4, -0.2) is 43.2 Å². The molecule has 1 fully saturated rings. The summed E-state index contributed by atoms with van der Waals surface area (Å²) in [6.07, 6.45) is -3.73. The highest BCUT2D eigenvalue weighted by Crippen LogP contribution is 2.27. The lowest BCUT2D eigenvalue weighted by Gasteiger charge is -2.25. The quantitative estimate of drug-likeness (QED) is 0.765. The van der Waals surface area contributed by atoms with Gasteiger partial charge < -0.3 is 9.64 Å². The predicted molar refractivity (Wildman–Crippen MR) is 96.7 cm³/mol. The van der Waals surface area contributed by atoms with Gasteiger partial charge in [0.2, 0.25) is 5.91 Å². The van der Waals surface area contributed by atoms with Gasteiger partial charge in [-0.3, -0.25) is 9.69 Å². The van der Waals surface area contributed by atoms with Gasteiger partial charge in [0.1, 0.15) is 5.75 Å². The number of rotatable bonds is 6. The van der Waals surface area contributed by atoms with E-state index < -0.39 is 12.8 Å². The Morgan fingerprint density at radius 2 is 1.78 bits per heavy atom. The van der Waals surface area contributed by atoms with Crippen LogP contribution in [0.1, 0.15) is 12.0 Å². The van der Waals surface area contributed by atoms with Crippen LogP contribution in [0.15, 0.2) is 54.6 Å². The van der Waals surface area contributed by atoms with Crippen LogP contribution in [0.3, 0.4) is 0 Å². The van der Waals surface area contributed by atoms with E-state index in [1.54, 1.807) is 30.1 Å². The van der Waals surface area contributed by atoms with E-state index in [2.05, 4.69) is 0 Å². The van der Waals surface area contributed by atoms with Crippen LogP contribution in [0.5, 0.6) is 5.75 Å². The largest absolute Gasteiger partial charge is 0.484 e. The molecular formula is C20H21F3N2O2. The molecule has 4 nitrogen and oxygen atoms in total. The lowest BCUT2D eigenvalue weighted by molar-refractivity contribution is -0.153. The van der Waals surface area contributed by atoms with Crippen LogP contribution in [0, 0.1) is 0 Å². The van der Waals surface area contributed by atoms with Crippen molar-refractivity contribution >= 4 is 11.6 Å². The number of carbonyl (C=O) groups excluding carboxylic acids is 1. The summed E-state index contributed by atoms with van der Waals surface area (Å²) in [5, 5.41) is 0. The Morgan fingerprint density at radius 1 is 1.11 bits per heavy atom. The molecule has 7 heteroatoms. The number of alkyl halides is 3. The maximum Gasteiger partial charge on any atom is 0.422 e. The van der Waals surface area contributed by atoms with Crippen molar-refractivity contribution in [2.45, 2.75) is 25.2 Å². The van der Waals surface area contributed by atoms with Gasteiger partial charge in [0.05, 0.1) is 6.04 Å². The monoisotopic (exact) mass is 378 g/mol. The molecule has 1 aliphatic rings. The number of ether oxygens (including phenoxy) is 1. The van der Waals surface area contributed by atoms with Gasteiger partial charge in [0.15, 0.2) is 6.61 Å². The first-order valence-electron chi connectivity index (χ1n) is 8.69. The second-order valence-electron chi connectivity index (χ2n) is 6.56. The van der Waals surface area contributed by atoms with Crippen molar-refractivity contribution in [1.29, 1.82) is 0 Å². The van der Waals surface area contributed by atoms with Gasteiger partial charge in [-0.05, 0) is 31.7 Å². The highest BCUT2D eigenvalue weighted by atomic mass is 19.4. The van der Waals surface area contributed by atoms with E-state index in [1.165, 1.54) is 6.07 Å². The van der Waals surface area contributed by atoms with Crippen LogP contribution < -0.4 is 9.64 Å². The third-order valence-corrected chi connectivity index (χ3v) is 4.56. The van der Waals surface area contributed by atoms with E-state index in [9.17, 15) is 18.0 Å². The normalized spacial score (nSPS) is 17.6. The van der Waals surface area contributed by atoms with Crippen LogP contribution in [-0.2, 0) is 11.3 Å². The van der Waals surface area contributed by atoms with Crippen molar-refractivity contribution in [2.24, 2.45) is 0 Å². The Balaban J connectivity index is 1.68. The second kappa shape index (κ2) is 8.00. The molecule has 27 heavy (non-hydrogen) atoms. The van der Waals surface area contributed by atoms with Crippen molar-refractivity contribution in [3.05, 3.63) is 60.2 Å². The summed E-state index contributed by atoms with van der Waals surface area (Å²) >= 11 is 0. The SMILES string of the molecule is CN(Cc1ccccc1OCC(F)(F)F)[C@H]1CCN(c2ccccc2)C1=O. The molecule has 0 aromatic heterocycles. The molecule has 0 bridgehead atoms. The van der Waals surface area contributed by atoms with Gasteiger partial charge in [-0.15, -0.1) is 0 Å². The minimum atomic E-state index is -4.39. The van der Waals surface area contributed by atoms with E-state index in [0.717, 1.165) is 5.69 Å². The highest BCUT2D eigenvalue weighted by Gasteiger charge is 2.35. The van der Waals surface area contributed by atoms with Gasteiger partial charge in [0.25, 0.3) is 0 Å². The number of carbonyl (C=O) groups is 1. The molecule has 0 aliphatic carbocycles. The lowest BCUT2D eigenvalue weighted by Crippen LogP contribution is -2.39. The van der Waals surface area contributed by atoms with Crippen molar-refractivity contribution in [1.82, 2.24) is 4.90 Å². The number of likely N-dealkylation sites (N-methyl/N-ethyl adjacent to an activating group) is 1. The molecule has 1 saturated heterocycles. The summed E-state index contributed by atoms with van der Waals surface area (Å²) in [7, 11) is 1.80. The van der Waals surface area contributed by atoms with Gasteiger partial charge in [-0.2, -0.15) is 13.2 Å². The zero-order valence-corrected chi connectivity index (χ0v) is 14.9. The van der Waals surface area contributed by atoms with Gasteiger partial charge in [-0.25, -0.2) is 0 Å². The molecule has 1 aliphatic heterocycles. The zero-order valence-electron chi connectivity index (χ0n) is 14.9. The van der Waals surface area contributed by atoms with Gasteiger partial charge >= 0.3 is 6.18 Å². The summed E-state index contributed by atoms with van der Waals surface area (Å²) in [5.41, 5.74) is 1.47. The van der Waals surface area contributed by atoms with Crippen LogP contribution in [0.4, 0.5) is 18.9 Å². The fourth-order valence-electron chi connectivity index (χ4n) is 3.25. The fraction of sp³-hybridized carbons (Fsp3) is 0.350. The van der Waals surface area contributed by atoms with Crippen LogP contribution >= 0.6 is 0 Å². The smallest absolute Gasteiger partial charge is 0.422 e. The Bertz CT molecular complexity index is 780. The summed E-state index contributed by atoms with van der Waals surface area (Å²) in [5.74, 6) is 0.185. The average molecular weight is 378 g/mol. The summed E-state index contributed by atoms with van der Waals surface area (Å²) < 4.78 is 42.3. The van der Waals surface area contributed by atoms with Gasteiger partial charge in [0, 0.05) is 24.3 Å². The standard InChI is InChI=1S/C20H21F3N2O2/c1-24(13-15-7-5-6-10-18(15)27-14-20(21,22)23)17-11-12-25(19(17)26)16-8-3-2-4-9-16/h2-10,17H,11-14H2,1H3/t17-/m0/s1. The first kappa shape index (κ1) is 19.2. The predicted octanol–water partition coefficient (Wildman–Crippen LogP) is 3.87. The average Bonchev–Trinajstić information content (AvgIpc) is 3.02. The number of nitrogens with zero attached hydrogens (tertiary/aromatic N) is 2. The van der Waals surface area contributed by atoms with E-state index in [1.807, 2.05) is 35.2 Å². The number of benzene rings is 2. The van der Waals surface area contributed by atoms with Gasteiger partial charge in [-0.1, -0.05) is 36.4 Å². The molecule has 0 saturated carbocycles. The number of para-hydroxylation sites is 2. The maximum atomic E-state index is 12.8. The molecule has 1 atom stereocenters. The minimum absolute atomic E-state index is 0.00242. The molecule has 0 spiro atoms. The molecule has 0 radical (unpaired) electrons. The molecule has 3 rings (SSSR count). The van der Waals surface area contributed by atoms with E-state index in [-0.39, 0.29) is 17.7 Å². The molecule has 0 unspecified atom stereocenters. The first-order chi connectivity index (χ1) is 12.8. The Morgan fingerprint density at radius 3 is 2.48 bits per heavy atom. The Kier molecular flexibility index (Phi) is 5.70. The molecular weight excluding hydrogens is 357 g/mol. The lowest BCUT2D eigenvalue weighted by atomic mass is 10.1. The summed E-state index contributed by atoms with van der Waals surface area (Å²) in [6.45, 7) is -0.394. The number of halogens is 3. The van der Waals surface area contributed by atoms with Crippen molar-refractivity contribution in [3.63, 3.8) is 0 Å². The molecule has 1 amide bonds. The van der Waals surface area contributed by atoms with E-state index in [4.69, 9.17) is 4.74 Å². The topological polar surface area (TPSA) is 32.8 Å². The van der Waals surface area contributed by atoms with Crippen molar-refractivity contribution in [2.75, 3.05) is 25.1 Å². The third-order valence-electron chi connectivity index (χ3n) is 4.56. The van der Waals surface area contributed by atoms with Crippen molar-refractivity contribution < 1.29 is 22.7 Å². The maximum absolute atomic E-state index is 12.8. The Labute approximate surface area is 156 Å². The minimum Gasteiger partial charge on any atom is -0.484 e. The van der Waals surface area contributed by atoms with Crippen LogP contribution in [0.25, 0.3) is 0 Å². The number of hydrogen-bond donors (Lipinski definition) is 0. The number of anilines is 1. The van der Waals surface area contributed by atoms with Crippen molar-refractivity contribution in [3.8, 4) is 5.75 Å². The molecule has 1 heterocycles.